The second-order valence-electron chi connectivity index (χ2n) is 5.36. The van der Waals surface area contributed by atoms with E-state index in [1.54, 1.807) is 0 Å². The maximum atomic E-state index is 10.0. The fourth-order valence-electron chi connectivity index (χ4n) is 2.34. The Labute approximate surface area is 107 Å². The Hall–Kier alpha value is -0.0800. The number of rotatable bonds is 12. The normalized spacial score (nSPS) is 14.8. The van der Waals surface area contributed by atoms with E-state index in [1.165, 1.54) is 44.9 Å². The quantitative estimate of drug-likeness (QED) is 0.509. The van der Waals surface area contributed by atoms with Crippen LogP contribution in [0.4, 0.5) is 0 Å². The average molecular weight is 244 g/mol. The SMILES string of the molecule is CCCCCCCCCCC(O)(CO)CCC. The van der Waals surface area contributed by atoms with Gasteiger partial charge in [0, 0.05) is 0 Å². The van der Waals surface area contributed by atoms with Crippen molar-refractivity contribution in [3.05, 3.63) is 0 Å². The zero-order valence-electron chi connectivity index (χ0n) is 11.9. The lowest BCUT2D eigenvalue weighted by molar-refractivity contribution is -0.0301. The summed E-state index contributed by atoms with van der Waals surface area (Å²) in [6, 6.07) is 0. The minimum atomic E-state index is -0.809. The smallest absolute Gasteiger partial charge is 0.0877 e. The summed E-state index contributed by atoms with van der Waals surface area (Å²) in [5.41, 5.74) is -0.809. The van der Waals surface area contributed by atoms with E-state index in [-0.39, 0.29) is 6.61 Å². The highest BCUT2D eigenvalue weighted by Crippen LogP contribution is 2.21. The fraction of sp³-hybridized carbons (Fsp3) is 1.00. The molecule has 0 rings (SSSR count). The van der Waals surface area contributed by atoms with Crippen LogP contribution in [0, 0.1) is 0 Å². The van der Waals surface area contributed by atoms with Crippen LogP contribution >= 0.6 is 0 Å². The van der Waals surface area contributed by atoms with E-state index in [4.69, 9.17) is 5.11 Å². The van der Waals surface area contributed by atoms with Crippen molar-refractivity contribution in [2.75, 3.05) is 6.61 Å². The van der Waals surface area contributed by atoms with Gasteiger partial charge in [0.15, 0.2) is 0 Å². The predicted molar refractivity (Wildman–Crippen MR) is 74.2 cm³/mol. The summed E-state index contributed by atoms with van der Waals surface area (Å²) in [7, 11) is 0. The summed E-state index contributed by atoms with van der Waals surface area (Å²) in [6.45, 7) is 4.20. The fourth-order valence-corrected chi connectivity index (χ4v) is 2.34. The van der Waals surface area contributed by atoms with E-state index in [0.717, 1.165) is 25.7 Å². The van der Waals surface area contributed by atoms with Gasteiger partial charge in [0.1, 0.15) is 0 Å². The standard InChI is InChI=1S/C15H32O2/c1-3-5-6-7-8-9-10-11-13-15(17,14-16)12-4-2/h16-17H,3-14H2,1-2H3. The van der Waals surface area contributed by atoms with Crippen molar-refractivity contribution < 1.29 is 10.2 Å². The molecule has 0 aromatic carbocycles. The zero-order valence-corrected chi connectivity index (χ0v) is 11.9. The van der Waals surface area contributed by atoms with Gasteiger partial charge in [0.05, 0.1) is 12.2 Å². The van der Waals surface area contributed by atoms with Gasteiger partial charge in [-0.2, -0.15) is 0 Å². The van der Waals surface area contributed by atoms with Gasteiger partial charge in [0.2, 0.25) is 0 Å². The average Bonchev–Trinajstić information content (AvgIpc) is 2.33. The number of hydrogen-bond acceptors (Lipinski definition) is 2. The van der Waals surface area contributed by atoms with Gasteiger partial charge in [-0.05, 0) is 12.8 Å². The van der Waals surface area contributed by atoms with Gasteiger partial charge >= 0.3 is 0 Å². The largest absolute Gasteiger partial charge is 0.393 e. The Balaban J connectivity index is 3.37. The molecule has 0 spiro atoms. The molecule has 0 aliphatic rings. The topological polar surface area (TPSA) is 40.5 Å². The number of unbranched alkanes of at least 4 members (excludes halogenated alkanes) is 7. The number of hydrogen-bond donors (Lipinski definition) is 2. The van der Waals surface area contributed by atoms with Crippen LogP contribution in [-0.2, 0) is 0 Å². The van der Waals surface area contributed by atoms with Crippen LogP contribution in [0.3, 0.4) is 0 Å². The lowest BCUT2D eigenvalue weighted by Crippen LogP contribution is -2.32. The first-order valence-corrected chi connectivity index (χ1v) is 7.51. The maximum absolute atomic E-state index is 10.0. The molecule has 0 aromatic rings. The van der Waals surface area contributed by atoms with Crippen LogP contribution in [0.15, 0.2) is 0 Å². The molecule has 0 aromatic heterocycles. The van der Waals surface area contributed by atoms with Crippen molar-refractivity contribution in [1.29, 1.82) is 0 Å². The zero-order chi connectivity index (χ0) is 13.0. The van der Waals surface area contributed by atoms with Crippen molar-refractivity contribution in [1.82, 2.24) is 0 Å². The van der Waals surface area contributed by atoms with Gasteiger partial charge in [-0.1, -0.05) is 71.6 Å². The number of aliphatic hydroxyl groups is 2. The Kier molecular flexibility index (Phi) is 11.0. The second kappa shape index (κ2) is 11.0. The molecule has 0 fully saturated rings. The van der Waals surface area contributed by atoms with Crippen LogP contribution in [0.5, 0.6) is 0 Å². The van der Waals surface area contributed by atoms with E-state index in [2.05, 4.69) is 6.92 Å². The third-order valence-corrected chi connectivity index (χ3v) is 3.51. The second-order valence-corrected chi connectivity index (χ2v) is 5.36. The molecule has 17 heavy (non-hydrogen) atoms. The Bertz CT molecular complexity index is 159. The third-order valence-electron chi connectivity index (χ3n) is 3.51. The summed E-state index contributed by atoms with van der Waals surface area (Å²) in [6.07, 6.45) is 12.6. The highest BCUT2D eigenvalue weighted by Gasteiger charge is 2.23. The molecule has 0 aliphatic carbocycles. The van der Waals surface area contributed by atoms with E-state index in [1.807, 2.05) is 6.92 Å². The molecule has 104 valence electrons. The summed E-state index contributed by atoms with van der Waals surface area (Å²) in [5.74, 6) is 0. The van der Waals surface area contributed by atoms with Crippen LogP contribution < -0.4 is 0 Å². The third kappa shape index (κ3) is 9.61. The molecule has 1 unspecified atom stereocenters. The van der Waals surface area contributed by atoms with E-state index in [0.29, 0.717) is 0 Å². The van der Waals surface area contributed by atoms with Crippen LogP contribution in [0.25, 0.3) is 0 Å². The molecule has 0 saturated carbocycles. The Morgan fingerprint density at radius 1 is 0.706 bits per heavy atom. The van der Waals surface area contributed by atoms with Gasteiger partial charge in [-0.3, -0.25) is 0 Å². The molecule has 0 saturated heterocycles. The first-order valence-electron chi connectivity index (χ1n) is 7.51. The molecule has 0 amide bonds. The summed E-state index contributed by atoms with van der Waals surface area (Å²) < 4.78 is 0. The van der Waals surface area contributed by atoms with Crippen molar-refractivity contribution >= 4 is 0 Å². The van der Waals surface area contributed by atoms with Crippen molar-refractivity contribution in [3.63, 3.8) is 0 Å². The minimum absolute atomic E-state index is 0.0860. The molecule has 1 atom stereocenters. The van der Waals surface area contributed by atoms with Crippen LogP contribution in [0.1, 0.15) is 84.5 Å². The molecule has 2 heteroatoms. The monoisotopic (exact) mass is 244 g/mol. The molecular formula is C15H32O2. The maximum Gasteiger partial charge on any atom is 0.0877 e. The number of aliphatic hydroxyl groups excluding tert-OH is 1. The molecule has 0 aliphatic heterocycles. The van der Waals surface area contributed by atoms with Gasteiger partial charge in [-0.25, -0.2) is 0 Å². The Morgan fingerprint density at radius 2 is 1.24 bits per heavy atom. The van der Waals surface area contributed by atoms with E-state index in [9.17, 15) is 5.11 Å². The lowest BCUT2D eigenvalue weighted by Gasteiger charge is -2.25. The first kappa shape index (κ1) is 16.9. The van der Waals surface area contributed by atoms with Crippen molar-refractivity contribution in [2.24, 2.45) is 0 Å². The molecule has 0 radical (unpaired) electrons. The highest BCUT2D eigenvalue weighted by atomic mass is 16.3. The summed E-state index contributed by atoms with van der Waals surface area (Å²) in [4.78, 5) is 0. The van der Waals surface area contributed by atoms with Crippen molar-refractivity contribution in [2.45, 2.75) is 90.1 Å². The predicted octanol–water partition coefficient (Wildman–Crippen LogP) is 4.04. The lowest BCUT2D eigenvalue weighted by atomic mass is 9.92. The molecular weight excluding hydrogens is 212 g/mol. The molecule has 2 nitrogen and oxygen atoms in total. The summed E-state index contributed by atoms with van der Waals surface area (Å²) in [5, 5.41) is 19.2. The van der Waals surface area contributed by atoms with E-state index >= 15 is 0 Å². The van der Waals surface area contributed by atoms with Gasteiger partial charge in [0.25, 0.3) is 0 Å². The molecule has 0 heterocycles. The summed E-state index contributed by atoms with van der Waals surface area (Å²) >= 11 is 0. The minimum Gasteiger partial charge on any atom is -0.393 e. The van der Waals surface area contributed by atoms with Crippen molar-refractivity contribution in [3.8, 4) is 0 Å². The first-order chi connectivity index (χ1) is 8.18. The van der Waals surface area contributed by atoms with Gasteiger partial charge < -0.3 is 10.2 Å². The van der Waals surface area contributed by atoms with Crippen LogP contribution in [0.2, 0.25) is 0 Å². The van der Waals surface area contributed by atoms with Crippen LogP contribution in [-0.4, -0.2) is 22.4 Å². The molecule has 2 N–H and O–H groups in total. The Morgan fingerprint density at radius 3 is 1.71 bits per heavy atom. The van der Waals surface area contributed by atoms with Gasteiger partial charge in [-0.15, -0.1) is 0 Å². The van der Waals surface area contributed by atoms with E-state index < -0.39 is 5.60 Å². The highest BCUT2D eigenvalue weighted by molar-refractivity contribution is 4.76. The molecule has 0 bridgehead atoms.